The number of carbonyl (C=O) groups is 1. The third kappa shape index (κ3) is 1.78. The fourth-order valence-corrected chi connectivity index (χ4v) is 0.792. The van der Waals surface area contributed by atoms with E-state index in [9.17, 15) is 9.18 Å². The summed E-state index contributed by atoms with van der Waals surface area (Å²) in [5.74, 6) is -1.22. The molecule has 0 bridgehead atoms. The molecular weight excluding hydrogens is 177 g/mol. The highest BCUT2D eigenvalue weighted by molar-refractivity contribution is 5.76. The predicted octanol–water partition coefficient (Wildman–Crippen LogP) is 0.448. The maximum absolute atomic E-state index is 12.9. The quantitative estimate of drug-likeness (QED) is 0.552. The van der Waals surface area contributed by atoms with E-state index in [-0.39, 0.29) is 11.4 Å². The molecule has 0 saturated carbocycles. The van der Waals surface area contributed by atoms with Crippen LogP contribution in [0, 0.1) is 5.82 Å². The molecular formula is C7H8FN3O2. The number of rotatable bonds is 1. The molecule has 5 nitrogen and oxygen atoms in total. The summed E-state index contributed by atoms with van der Waals surface area (Å²) in [5.41, 5.74) is 15.3. The van der Waals surface area contributed by atoms with Crippen LogP contribution in [0.15, 0.2) is 12.1 Å². The molecule has 0 aliphatic heterocycles. The van der Waals surface area contributed by atoms with Gasteiger partial charge in [0.2, 0.25) is 0 Å². The van der Waals surface area contributed by atoms with E-state index in [0.717, 1.165) is 6.07 Å². The molecule has 0 spiro atoms. The lowest BCUT2D eigenvalue weighted by atomic mass is 10.2. The van der Waals surface area contributed by atoms with E-state index in [1.165, 1.54) is 6.07 Å². The monoisotopic (exact) mass is 185 g/mol. The van der Waals surface area contributed by atoms with Crippen LogP contribution in [0.25, 0.3) is 0 Å². The number of anilines is 2. The smallest absolute Gasteiger partial charge is 0.405 e. The van der Waals surface area contributed by atoms with Crippen LogP contribution < -0.4 is 21.9 Å². The summed E-state index contributed by atoms with van der Waals surface area (Å²) in [6.07, 6.45) is -1.14. The van der Waals surface area contributed by atoms with Crippen molar-refractivity contribution in [1.29, 1.82) is 0 Å². The largest absolute Gasteiger partial charge is 0.410 e. The minimum absolute atomic E-state index is 0.123. The SMILES string of the molecule is NC(=O)Oc1c(F)ccc(N)c1N. The number of benzene rings is 1. The van der Waals surface area contributed by atoms with Gasteiger partial charge in [0.1, 0.15) is 5.69 Å². The van der Waals surface area contributed by atoms with Gasteiger partial charge in [-0.15, -0.1) is 0 Å². The fourth-order valence-electron chi connectivity index (χ4n) is 0.792. The number of primary amides is 1. The maximum Gasteiger partial charge on any atom is 0.410 e. The first-order valence-electron chi connectivity index (χ1n) is 3.33. The van der Waals surface area contributed by atoms with Crippen LogP contribution in [0.5, 0.6) is 5.75 Å². The summed E-state index contributed by atoms with van der Waals surface area (Å²) >= 11 is 0. The van der Waals surface area contributed by atoms with E-state index in [1.54, 1.807) is 0 Å². The van der Waals surface area contributed by atoms with Crippen LogP contribution in [0.4, 0.5) is 20.6 Å². The molecule has 6 heteroatoms. The zero-order chi connectivity index (χ0) is 10.0. The number of amides is 1. The van der Waals surface area contributed by atoms with Gasteiger partial charge in [-0.2, -0.15) is 0 Å². The first-order valence-corrected chi connectivity index (χ1v) is 3.33. The summed E-state index contributed by atoms with van der Waals surface area (Å²) in [4.78, 5) is 10.3. The van der Waals surface area contributed by atoms with E-state index in [4.69, 9.17) is 11.5 Å². The van der Waals surface area contributed by atoms with Crippen molar-refractivity contribution in [3.05, 3.63) is 17.9 Å². The van der Waals surface area contributed by atoms with Gasteiger partial charge in [-0.25, -0.2) is 9.18 Å². The van der Waals surface area contributed by atoms with E-state index in [1.807, 2.05) is 0 Å². The van der Waals surface area contributed by atoms with Crippen LogP contribution in [0.1, 0.15) is 0 Å². The number of ether oxygens (including phenoxy) is 1. The number of nitrogen functional groups attached to an aromatic ring is 2. The molecule has 1 aromatic rings. The van der Waals surface area contributed by atoms with E-state index < -0.39 is 17.7 Å². The Balaban J connectivity index is 3.17. The van der Waals surface area contributed by atoms with Crippen molar-refractivity contribution in [3.63, 3.8) is 0 Å². The molecule has 70 valence electrons. The number of hydrogen-bond acceptors (Lipinski definition) is 4. The lowest BCUT2D eigenvalue weighted by Crippen LogP contribution is -2.18. The number of carbonyl (C=O) groups excluding carboxylic acids is 1. The molecule has 1 amide bonds. The van der Waals surface area contributed by atoms with Gasteiger partial charge in [0.25, 0.3) is 0 Å². The molecule has 1 rings (SSSR count). The van der Waals surface area contributed by atoms with Crippen molar-refractivity contribution in [2.75, 3.05) is 11.5 Å². The maximum atomic E-state index is 12.9. The lowest BCUT2D eigenvalue weighted by Gasteiger charge is -2.07. The van der Waals surface area contributed by atoms with Crippen molar-refractivity contribution < 1.29 is 13.9 Å². The average molecular weight is 185 g/mol. The minimum atomic E-state index is -1.14. The molecule has 0 radical (unpaired) electrons. The third-order valence-electron chi connectivity index (χ3n) is 1.38. The summed E-state index contributed by atoms with van der Waals surface area (Å²) < 4.78 is 17.2. The Morgan fingerprint density at radius 3 is 2.54 bits per heavy atom. The van der Waals surface area contributed by atoms with Crippen molar-refractivity contribution in [2.45, 2.75) is 0 Å². The first-order chi connectivity index (χ1) is 6.02. The summed E-state index contributed by atoms with van der Waals surface area (Å²) in [6.45, 7) is 0. The first kappa shape index (κ1) is 9.11. The molecule has 0 aliphatic rings. The number of halogens is 1. The molecule has 6 N–H and O–H groups in total. The van der Waals surface area contributed by atoms with Gasteiger partial charge in [-0.05, 0) is 12.1 Å². The lowest BCUT2D eigenvalue weighted by molar-refractivity contribution is 0.209. The topological polar surface area (TPSA) is 104 Å². The van der Waals surface area contributed by atoms with E-state index in [2.05, 4.69) is 10.5 Å². The molecule has 1 aromatic carbocycles. The second-order valence-electron chi connectivity index (χ2n) is 2.30. The van der Waals surface area contributed by atoms with Gasteiger partial charge >= 0.3 is 6.09 Å². The summed E-state index contributed by atoms with van der Waals surface area (Å²) in [7, 11) is 0. The average Bonchev–Trinajstić information content (AvgIpc) is 2.05. The van der Waals surface area contributed by atoms with Crippen LogP contribution in [0.3, 0.4) is 0 Å². The molecule has 0 heterocycles. The molecule has 13 heavy (non-hydrogen) atoms. The zero-order valence-corrected chi connectivity index (χ0v) is 6.58. The second kappa shape index (κ2) is 3.18. The van der Waals surface area contributed by atoms with Crippen molar-refractivity contribution in [1.82, 2.24) is 0 Å². The van der Waals surface area contributed by atoms with Crippen LogP contribution in [-0.2, 0) is 0 Å². The Labute approximate surface area is 73.3 Å². The zero-order valence-electron chi connectivity index (χ0n) is 6.58. The molecule has 0 aliphatic carbocycles. The van der Waals surface area contributed by atoms with E-state index in [0.29, 0.717) is 0 Å². The number of hydrogen-bond donors (Lipinski definition) is 3. The minimum Gasteiger partial charge on any atom is -0.405 e. The Morgan fingerprint density at radius 2 is 2.00 bits per heavy atom. The van der Waals surface area contributed by atoms with Crippen molar-refractivity contribution in [2.24, 2.45) is 5.73 Å². The van der Waals surface area contributed by atoms with Gasteiger partial charge in [0.15, 0.2) is 11.6 Å². The van der Waals surface area contributed by atoms with Gasteiger partial charge in [0, 0.05) is 0 Å². The van der Waals surface area contributed by atoms with Crippen LogP contribution >= 0.6 is 0 Å². The van der Waals surface area contributed by atoms with E-state index >= 15 is 0 Å². The summed E-state index contributed by atoms with van der Waals surface area (Å²) in [6, 6.07) is 2.29. The van der Waals surface area contributed by atoms with Gasteiger partial charge in [-0.1, -0.05) is 0 Å². The van der Waals surface area contributed by atoms with Crippen molar-refractivity contribution in [3.8, 4) is 5.75 Å². The van der Waals surface area contributed by atoms with Gasteiger partial charge in [-0.3, -0.25) is 0 Å². The van der Waals surface area contributed by atoms with Gasteiger partial charge in [0.05, 0.1) is 5.69 Å². The Hall–Kier alpha value is -1.98. The Morgan fingerprint density at radius 1 is 1.38 bits per heavy atom. The van der Waals surface area contributed by atoms with Crippen molar-refractivity contribution >= 4 is 17.5 Å². The molecule has 0 fully saturated rings. The Kier molecular flexibility index (Phi) is 2.23. The fraction of sp³-hybridized carbons (Fsp3) is 0. The number of nitrogens with two attached hydrogens (primary N) is 3. The second-order valence-corrected chi connectivity index (χ2v) is 2.30. The molecule has 0 atom stereocenters. The molecule has 0 unspecified atom stereocenters. The highest BCUT2D eigenvalue weighted by Gasteiger charge is 2.12. The van der Waals surface area contributed by atoms with Gasteiger partial charge < -0.3 is 21.9 Å². The highest BCUT2D eigenvalue weighted by Crippen LogP contribution is 2.30. The normalized spacial score (nSPS) is 9.62. The highest BCUT2D eigenvalue weighted by atomic mass is 19.1. The molecule has 0 aromatic heterocycles. The summed E-state index contributed by atoms with van der Waals surface area (Å²) in [5, 5.41) is 0. The van der Waals surface area contributed by atoms with Crippen LogP contribution in [-0.4, -0.2) is 6.09 Å². The standard InChI is InChI=1S/C7H8FN3O2/c8-3-1-2-4(9)5(10)6(3)13-7(11)12/h1-2H,9-10H2,(H2,11,12). The third-order valence-corrected chi connectivity index (χ3v) is 1.38. The molecule has 0 saturated heterocycles. The Bertz CT molecular complexity index is 354. The van der Waals surface area contributed by atoms with Crippen LogP contribution in [0.2, 0.25) is 0 Å². The predicted molar refractivity (Wildman–Crippen MR) is 45.4 cm³/mol.